The molecule has 1 saturated heterocycles. The Hall–Kier alpha value is -1.22. The molecular formula is C13H19NO2. The number of piperidine rings is 1. The van der Waals surface area contributed by atoms with Gasteiger partial charge in [0.2, 0.25) is 0 Å². The Balaban J connectivity index is 2.17. The Morgan fingerprint density at radius 3 is 2.81 bits per heavy atom. The average molecular weight is 221 g/mol. The molecule has 1 aromatic carbocycles. The Labute approximate surface area is 96.4 Å². The number of benzene rings is 1. The molecule has 2 N–H and O–H groups in total. The molecule has 0 aromatic heterocycles. The third kappa shape index (κ3) is 2.47. The van der Waals surface area contributed by atoms with E-state index in [9.17, 15) is 5.11 Å². The predicted molar refractivity (Wildman–Crippen MR) is 64.1 cm³/mol. The van der Waals surface area contributed by atoms with E-state index in [2.05, 4.69) is 5.32 Å². The topological polar surface area (TPSA) is 41.5 Å². The quantitative estimate of drug-likeness (QED) is 0.822. The van der Waals surface area contributed by atoms with Gasteiger partial charge in [-0.2, -0.15) is 0 Å². The van der Waals surface area contributed by atoms with Crippen LogP contribution in [-0.4, -0.2) is 24.8 Å². The van der Waals surface area contributed by atoms with Crippen LogP contribution in [0.4, 0.5) is 0 Å². The fourth-order valence-electron chi connectivity index (χ4n) is 2.21. The molecule has 1 aliphatic rings. The van der Waals surface area contributed by atoms with Gasteiger partial charge >= 0.3 is 0 Å². The van der Waals surface area contributed by atoms with E-state index in [-0.39, 0.29) is 5.75 Å². The van der Waals surface area contributed by atoms with Gasteiger partial charge in [0.05, 0.1) is 6.61 Å². The Bertz CT molecular complexity index is 346. The minimum absolute atomic E-state index is 0.236. The van der Waals surface area contributed by atoms with Crippen LogP contribution >= 0.6 is 0 Å². The van der Waals surface area contributed by atoms with Crippen molar-refractivity contribution in [3.8, 4) is 11.5 Å². The van der Waals surface area contributed by atoms with Crippen LogP contribution in [0, 0.1) is 0 Å². The second kappa shape index (κ2) is 5.21. The van der Waals surface area contributed by atoms with Gasteiger partial charge in [-0.05, 0) is 56.5 Å². The summed E-state index contributed by atoms with van der Waals surface area (Å²) in [5, 5.41) is 13.0. The van der Waals surface area contributed by atoms with Gasteiger partial charge < -0.3 is 15.2 Å². The number of hydrogen-bond donors (Lipinski definition) is 2. The summed E-state index contributed by atoms with van der Waals surface area (Å²) in [6.07, 6.45) is 2.33. The monoisotopic (exact) mass is 221 g/mol. The van der Waals surface area contributed by atoms with Crippen molar-refractivity contribution in [1.82, 2.24) is 5.32 Å². The van der Waals surface area contributed by atoms with E-state index in [1.165, 1.54) is 5.56 Å². The van der Waals surface area contributed by atoms with Crippen LogP contribution < -0.4 is 10.1 Å². The third-order valence-corrected chi connectivity index (χ3v) is 3.09. The third-order valence-electron chi connectivity index (χ3n) is 3.09. The first-order valence-electron chi connectivity index (χ1n) is 5.97. The SMILES string of the molecule is CCOc1cc(C2CCNCC2)ccc1O. The first-order chi connectivity index (χ1) is 7.81. The molecule has 1 aromatic rings. The number of phenols is 1. The van der Waals surface area contributed by atoms with Gasteiger partial charge in [0.15, 0.2) is 11.5 Å². The summed E-state index contributed by atoms with van der Waals surface area (Å²) in [5.74, 6) is 1.44. The molecule has 1 heterocycles. The van der Waals surface area contributed by atoms with Crippen molar-refractivity contribution in [3.63, 3.8) is 0 Å². The maximum Gasteiger partial charge on any atom is 0.161 e. The zero-order valence-corrected chi connectivity index (χ0v) is 9.70. The molecule has 16 heavy (non-hydrogen) atoms. The van der Waals surface area contributed by atoms with E-state index in [0.717, 1.165) is 25.9 Å². The predicted octanol–water partition coefficient (Wildman–Crippen LogP) is 2.26. The number of aromatic hydroxyl groups is 1. The number of ether oxygens (including phenoxy) is 1. The van der Waals surface area contributed by atoms with Gasteiger partial charge in [-0.15, -0.1) is 0 Å². The molecule has 3 heteroatoms. The minimum Gasteiger partial charge on any atom is -0.504 e. The lowest BCUT2D eigenvalue weighted by molar-refractivity contribution is 0.317. The van der Waals surface area contributed by atoms with E-state index >= 15 is 0 Å². The zero-order valence-electron chi connectivity index (χ0n) is 9.70. The molecule has 0 bridgehead atoms. The van der Waals surface area contributed by atoms with E-state index in [1.54, 1.807) is 6.07 Å². The lowest BCUT2D eigenvalue weighted by Crippen LogP contribution is -2.26. The summed E-state index contributed by atoms with van der Waals surface area (Å²) < 4.78 is 5.40. The minimum atomic E-state index is 0.236. The van der Waals surface area contributed by atoms with Crippen LogP contribution in [-0.2, 0) is 0 Å². The highest BCUT2D eigenvalue weighted by atomic mass is 16.5. The van der Waals surface area contributed by atoms with Crippen molar-refractivity contribution in [3.05, 3.63) is 23.8 Å². The number of phenolic OH excluding ortho intramolecular Hbond substituents is 1. The summed E-state index contributed by atoms with van der Waals surface area (Å²) in [6, 6.07) is 5.73. The van der Waals surface area contributed by atoms with Crippen LogP contribution in [0.15, 0.2) is 18.2 Å². The first kappa shape index (κ1) is 11.3. The molecular weight excluding hydrogens is 202 g/mol. The lowest BCUT2D eigenvalue weighted by Gasteiger charge is -2.23. The summed E-state index contributed by atoms with van der Waals surface area (Å²) in [6.45, 7) is 4.67. The smallest absolute Gasteiger partial charge is 0.161 e. The van der Waals surface area contributed by atoms with Crippen LogP contribution in [0.2, 0.25) is 0 Å². The van der Waals surface area contributed by atoms with Crippen molar-refractivity contribution < 1.29 is 9.84 Å². The molecule has 88 valence electrons. The number of rotatable bonds is 3. The maximum atomic E-state index is 9.63. The van der Waals surface area contributed by atoms with E-state index in [1.807, 2.05) is 19.1 Å². The van der Waals surface area contributed by atoms with Gasteiger partial charge in [0.25, 0.3) is 0 Å². The molecule has 0 atom stereocenters. The summed E-state index contributed by atoms with van der Waals surface area (Å²) in [5.41, 5.74) is 1.28. The fourth-order valence-corrected chi connectivity index (χ4v) is 2.21. The second-order valence-electron chi connectivity index (χ2n) is 4.18. The van der Waals surface area contributed by atoms with E-state index in [4.69, 9.17) is 4.74 Å². The Morgan fingerprint density at radius 1 is 1.38 bits per heavy atom. The molecule has 0 unspecified atom stereocenters. The van der Waals surface area contributed by atoms with Crippen molar-refractivity contribution >= 4 is 0 Å². The van der Waals surface area contributed by atoms with Crippen molar-refractivity contribution in [1.29, 1.82) is 0 Å². The largest absolute Gasteiger partial charge is 0.504 e. The Morgan fingerprint density at radius 2 is 2.12 bits per heavy atom. The molecule has 2 rings (SSSR count). The van der Waals surface area contributed by atoms with Gasteiger partial charge in [-0.3, -0.25) is 0 Å². The van der Waals surface area contributed by atoms with Gasteiger partial charge in [0, 0.05) is 0 Å². The van der Waals surface area contributed by atoms with E-state index < -0.39 is 0 Å². The van der Waals surface area contributed by atoms with Crippen LogP contribution in [0.25, 0.3) is 0 Å². The van der Waals surface area contributed by atoms with E-state index in [0.29, 0.717) is 18.3 Å². The highest BCUT2D eigenvalue weighted by Gasteiger charge is 2.16. The maximum absolute atomic E-state index is 9.63. The molecule has 0 aliphatic carbocycles. The molecule has 1 fully saturated rings. The van der Waals surface area contributed by atoms with Crippen molar-refractivity contribution in [2.45, 2.75) is 25.7 Å². The van der Waals surface area contributed by atoms with Crippen molar-refractivity contribution in [2.75, 3.05) is 19.7 Å². The van der Waals surface area contributed by atoms with Gasteiger partial charge in [-0.25, -0.2) is 0 Å². The summed E-state index contributed by atoms with van der Waals surface area (Å²) in [7, 11) is 0. The summed E-state index contributed by atoms with van der Waals surface area (Å²) in [4.78, 5) is 0. The molecule has 1 aliphatic heterocycles. The van der Waals surface area contributed by atoms with Gasteiger partial charge in [0.1, 0.15) is 0 Å². The average Bonchev–Trinajstić information content (AvgIpc) is 2.33. The van der Waals surface area contributed by atoms with Crippen LogP contribution in [0.5, 0.6) is 11.5 Å². The number of hydrogen-bond acceptors (Lipinski definition) is 3. The molecule has 0 radical (unpaired) electrons. The highest BCUT2D eigenvalue weighted by molar-refractivity contribution is 5.43. The fraction of sp³-hybridized carbons (Fsp3) is 0.538. The molecule has 0 spiro atoms. The van der Waals surface area contributed by atoms with Gasteiger partial charge in [-0.1, -0.05) is 6.07 Å². The standard InChI is InChI=1S/C13H19NO2/c1-2-16-13-9-11(3-4-12(13)15)10-5-7-14-8-6-10/h3-4,9-10,14-15H,2,5-8H2,1H3. The highest BCUT2D eigenvalue weighted by Crippen LogP contribution is 2.33. The van der Waals surface area contributed by atoms with Crippen molar-refractivity contribution in [2.24, 2.45) is 0 Å². The van der Waals surface area contributed by atoms with Crippen LogP contribution in [0.3, 0.4) is 0 Å². The zero-order chi connectivity index (χ0) is 11.4. The lowest BCUT2D eigenvalue weighted by atomic mass is 9.90. The normalized spacial score (nSPS) is 17.3. The molecule has 0 saturated carbocycles. The second-order valence-corrected chi connectivity index (χ2v) is 4.18. The Kier molecular flexibility index (Phi) is 3.67. The summed E-state index contributed by atoms with van der Waals surface area (Å²) >= 11 is 0. The number of nitrogens with one attached hydrogen (secondary N) is 1. The first-order valence-corrected chi connectivity index (χ1v) is 5.97. The molecule has 0 amide bonds. The molecule has 3 nitrogen and oxygen atoms in total. The van der Waals surface area contributed by atoms with Crippen LogP contribution in [0.1, 0.15) is 31.2 Å².